The highest BCUT2D eigenvalue weighted by atomic mass is 16.5. The first-order valence-corrected chi connectivity index (χ1v) is 5.78. The standard InChI is InChI=1S/C13H19N3O/c1-10(15(2)3)9-16-13-7-12(17-4)6-5-11(13)8-14-16/h5-8,10H,9H2,1-4H3/t10-/m0/s1. The summed E-state index contributed by atoms with van der Waals surface area (Å²) in [6.07, 6.45) is 1.90. The zero-order valence-corrected chi connectivity index (χ0v) is 10.8. The van der Waals surface area contributed by atoms with Crippen molar-refractivity contribution in [2.45, 2.75) is 19.5 Å². The molecule has 4 nitrogen and oxygen atoms in total. The van der Waals surface area contributed by atoms with Gasteiger partial charge in [-0.05, 0) is 33.2 Å². The molecule has 1 heterocycles. The average Bonchev–Trinajstić information content (AvgIpc) is 2.71. The highest BCUT2D eigenvalue weighted by Crippen LogP contribution is 2.20. The van der Waals surface area contributed by atoms with Crippen molar-refractivity contribution >= 4 is 10.9 Å². The predicted octanol–water partition coefficient (Wildman–Crippen LogP) is 1.99. The number of nitrogens with zero attached hydrogens (tertiary/aromatic N) is 3. The zero-order valence-electron chi connectivity index (χ0n) is 10.8. The molecule has 0 spiro atoms. The number of ether oxygens (including phenoxy) is 1. The molecule has 1 aromatic heterocycles. The molecule has 0 saturated carbocycles. The van der Waals surface area contributed by atoms with Crippen LogP contribution in [0.25, 0.3) is 10.9 Å². The van der Waals surface area contributed by atoms with Gasteiger partial charge in [-0.3, -0.25) is 4.68 Å². The van der Waals surface area contributed by atoms with Crippen LogP contribution in [0.5, 0.6) is 5.75 Å². The summed E-state index contributed by atoms with van der Waals surface area (Å²) < 4.78 is 7.28. The van der Waals surface area contributed by atoms with Crippen LogP contribution in [0.1, 0.15) is 6.92 Å². The molecule has 2 aromatic rings. The van der Waals surface area contributed by atoms with E-state index in [1.54, 1.807) is 7.11 Å². The van der Waals surface area contributed by atoms with Gasteiger partial charge in [0, 0.05) is 17.5 Å². The van der Waals surface area contributed by atoms with Gasteiger partial charge in [0.15, 0.2) is 0 Å². The molecule has 1 atom stereocenters. The Balaban J connectivity index is 2.34. The van der Waals surface area contributed by atoms with Gasteiger partial charge in [0.05, 0.1) is 25.4 Å². The van der Waals surface area contributed by atoms with E-state index in [4.69, 9.17) is 4.74 Å². The Hall–Kier alpha value is -1.55. The first kappa shape index (κ1) is 11.9. The molecule has 0 fully saturated rings. The van der Waals surface area contributed by atoms with Crippen LogP contribution in [-0.2, 0) is 6.54 Å². The number of hydrogen-bond acceptors (Lipinski definition) is 3. The Morgan fingerprint density at radius 3 is 2.82 bits per heavy atom. The lowest BCUT2D eigenvalue weighted by molar-refractivity contribution is 0.278. The van der Waals surface area contributed by atoms with E-state index >= 15 is 0 Å². The van der Waals surface area contributed by atoms with Crippen molar-refractivity contribution in [1.29, 1.82) is 0 Å². The number of likely N-dealkylation sites (N-methyl/N-ethyl adjacent to an activating group) is 1. The van der Waals surface area contributed by atoms with Gasteiger partial charge in [-0.25, -0.2) is 0 Å². The highest BCUT2D eigenvalue weighted by Gasteiger charge is 2.09. The molecule has 0 aliphatic carbocycles. The van der Waals surface area contributed by atoms with Gasteiger partial charge in [-0.15, -0.1) is 0 Å². The second-order valence-corrected chi connectivity index (χ2v) is 4.56. The SMILES string of the molecule is COc1ccc2cnn(C[C@H](C)N(C)C)c2c1. The molecule has 0 aliphatic rings. The molecular formula is C13H19N3O. The van der Waals surface area contributed by atoms with Crippen LogP contribution in [0, 0.1) is 0 Å². The topological polar surface area (TPSA) is 30.3 Å². The Morgan fingerprint density at radius 2 is 2.18 bits per heavy atom. The molecular weight excluding hydrogens is 214 g/mol. The summed E-state index contributed by atoms with van der Waals surface area (Å²) in [7, 11) is 5.85. The minimum absolute atomic E-state index is 0.448. The summed E-state index contributed by atoms with van der Waals surface area (Å²) in [4.78, 5) is 2.19. The molecule has 4 heteroatoms. The maximum Gasteiger partial charge on any atom is 0.121 e. The van der Waals surface area contributed by atoms with Crippen molar-refractivity contribution in [2.24, 2.45) is 0 Å². The van der Waals surface area contributed by atoms with E-state index in [0.717, 1.165) is 23.2 Å². The maximum atomic E-state index is 5.25. The molecule has 0 unspecified atom stereocenters. The predicted molar refractivity (Wildman–Crippen MR) is 69.4 cm³/mol. The van der Waals surface area contributed by atoms with E-state index in [0.29, 0.717) is 6.04 Å². The molecule has 0 radical (unpaired) electrons. The highest BCUT2D eigenvalue weighted by molar-refractivity contribution is 5.80. The minimum atomic E-state index is 0.448. The lowest BCUT2D eigenvalue weighted by Gasteiger charge is -2.19. The minimum Gasteiger partial charge on any atom is -0.497 e. The van der Waals surface area contributed by atoms with Crippen LogP contribution < -0.4 is 4.74 Å². The number of aromatic nitrogens is 2. The number of methoxy groups -OCH3 is 1. The summed E-state index contributed by atoms with van der Waals surface area (Å²) in [5.74, 6) is 0.872. The fraction of sp³-hybridized carbons (Fsp3) is 0.462. The van der Waals surface area contributed by atoms with E-state index in [1.807, 2.05) is 29.1 Å². The molecule has 0 N–H and O–H groups in total. The Labute approximate surface area is 102 Å². The van der Waals surface area contributed by atoms with E-state index in [2.05, 4.69) is 31.0 Å². The molecule has 2 rings (SSSR count). The maximum absolute atomic E-state index is 5.25. The number of benzene rings is 1. The van der Waals surface area contributed by atoms with Crippen molar-refractivity contribution in [2.75, 3.05) is 21.2 Å². The number of hydrogen-bond donors (Lipinski definition) is 0. The van der Waals surface area contributed by atoms with Crippen LogP contribution in [-0.4, -0.2) is 41.9 Å². The zero-order chi connectivity index (χ0) is 12.4. The first-order valence-electron chi connectivity index (χ1n) is 5.78. The fourth-order valence-corrected chi connectivity index (χ4v) is 1.74. The van der Waals surface area contributed by atoms with Gasteiger partial charge in [-0.2, -0.15) is 5.10 Å². The van der Waals surface area contributed by atoms with Crippen molar-refractivity contribution in [3.05, 3.63) is 24.4 Å². The number of rotatable bonds is 4. The second-order valence-electron chi connectivity index (χ2n) is 4.56. The molecule has 0 saturated heterocycles. The van der Waals surface area contributed by atoms with Gasteiger partial charge in [0.25, 0.3) is 0 Å². The van der Waals surface area contributed by atoms with Crippen molar-refractivity contribution < 1.29 is 4.74 Å². The molecule has 1 aromatic carbocycles. The molecule has 0 aliphatic heterocycles. The van der Waals surface area contributed by atoms with E-state index in [1.165, 1.54) is 0 Å². The van der Waals surface area contributed by atoms with E-state index in [9.17, 15) is 0 Å². The largest absolute Gasteiger partial charge is 0.497 e. The van der Waals surface area contributed by atoms with E-state index < -0.39 is 0 Å². The average molecular weight is 233 g/mol. The first-order chi connectivity index (χ1) is 8.11. The molecule has 0 amide bonds. The van der Waals surface area contributed by atoms with Crippen LogP contribution >= 0.6 is 0 Å². The Bertz CT molecular complexity index is 504. The van der Waals surface area contributed by atoms with Crippen LogP contribution in [0.2, 0.25) is 0 Å². The third-order valence-electron chi connectivity index (χ3n) is 3.17. The number of fused-ring (bicyclic) bond motifs is 1. The van der Waals surface area contributed by atoms with Crippen molar-refractivity contribution in [3.8, 4) is 5.75 Å². The summed E-state index contributed by atoms with van der Waals surface area (Å²) in [5.41, 5.74) is 1.12. The van der Waals surface area contributed by atoms with Crippen molar-refractivity contribution in [3.63, 3.8) is 0 Å². The second kappa shape index (κ2) is 4.75. The smallest absolute Gasteiger partial charge is 0.121 e. The quantitative estimate of drug-likeness (QED) is 0.809. The van der Waals surface area contributed by atoms with Gasteiger partial charge >= 0.3 is 0 Å². The summed E-state index contributed by atoms with van der Waals surface area (Å²) in [6.45, 7) is 3.07. The van der Waals surface area contributed by atoms with Gasteiger partial charge < -0.3 is 9.64 Å². The monoisotopic (exact) mass is 233 g/mol. The summed E-state index contributed by atoms with van der Waals surface area (Å²) >= 11 is 0. The fourth-order valence-electron chi connectivity index (χ4n) is 1.74. The molecule has 17 heavy (non-hydrogen) atoms. The van der Waals surface area contributed by atoms with Gasteiger partial charge in [0.2, 0.25) is 0 Å². The molecule has 92 valence electrons. The Morgan fingerprint density at radius 1 is 1.41 bits per heavy atom. The lowest BCUT2D eigenvalue weighted by atomic mass is 10.2. The summed E-state index contributed by atoms with van der Waals surface area (Å²) in [5, 5.41) is 5.58. The van der Waals surface area contributed by atoms with Crippen LogP contribution in [0.4, 0.5) is 0 Å². The van der Waals surface area contributed by atoms with Crippen LogP contribution in [0.15, 0.2) is 24.4 Å². The van der Waals surface area contributed by atoms with Crippen LogP contribution in [0.3, 0.4) is 0 Å². The lowest BCUT2D eigenvalue weighted by Crippen LogP contribution is -2.29. The third-order valence-corrected chi connectivity index (χ3v) is 3.17. The third kappa shape index (κ3) is 2.42. The van der Waals surface area contributed by atoms with E-state index in [-0.39, 0.29) is 0 Å². The van der Waals surface area contributed by atoms with Crippen molar-refractivity contribution in [1.82, 2.24) is 14.7 Å². The van der Waals surface area contributed by atoms with Gasteiger partial charge in [-0.1, -0.05) is 0 Å². The molecule has 0 bridgehead atoms. The normalized spacial score (nSPS) is 13.2. The van der Waals surface area contributed by atoms with Gasteiger partial charge in [0.1, 0.15) is 5.75 Å². The summed E-state index contributed by atoms with van der Waals surface area (Å²) in [6, 6.07) is 6.48. The Kier molecular flexibility index (Phi) is 3.33.